The first kappa shape index (κ1) is 25.4. The molecule has 11 heteroatoms. The lowest BCUT2D eigenvalue weighted by molar-refractivity contribution is -0.216. The molecule has 0 spiro atoms. The van der Waals surface area contributed by atoms with Gasteiger partial charge in [0.25, 0.3) is 11.8 Å². The van der Waals surface area contributed by atoms with Crippen LogP contribution < -0.4 is 10.1 Å². The van der Waals surface area contributed by atoms with Crippen LogP contribution >= 0.6 is 0 Å². The summed E-state index contributed by atoms with van der Waals surface area (Å²) >= 11 is 0. The molecule has 2 fully saturated rings. The summed E-state index contributed by atoms with van der Waals surface area (Å²) in [6.07, 6.45) is -1.19. The van der Waals surface area contributed by atoms with Crippen LogP contribution in [0.5, 0.6) is 5.75 Å². The number of para-hydroxylation sites is 1. The Bertz CT molecular complexity index is 946. The molecular weight excluding hydrogens is 448 g/mol. The summed E-state index contributed by atoms with van der Waals surface area (Å²) in [4.78, 5) is 51.2. The second-order valence-corrected chi connectivity index (χ2v) is 9.30. The van der Waals surface area contributed by atoms with Crippen LogP contribution in [0, 0.1) is 11.3 Å². The minimum absolute atomic E-state index is 0.384. The maximum absolute atomic E-state index is 13.1. The molecule has 4 unspecified atom stereocenters. The molecule has 2 aliphatic heterocycles. The van der Waals surface area contributed by atoms with E-state index in [1.165, 1.54) is 7.11 Å². The number of hydrogen-bond acceptors (Lipinski definition) is 9. The minimum atomic E-state index is -1.85. The van der Waals surface area contributed by atoms with Gasteiger partial charge >= 0.3 is 11.9 Å². The molecule has 34 heavy (non-hydrogen) atoms. The van der Waals surface area contributed by atoms with Crippen molar-refractivity contribution in [3.05, 3.63) is 30.3 Å². The van der Waals surface area contributed by atoms with Crippen molar-refractivity contribution in [1.82, 2.24) is 10.2 Å². The van der Waals surface area contributed by atoms with Crippen molar-refractivity contribution < 1.29 is 43.2 Å². The number of carbonyl (C=O) groups excluding carboxylic acids is 4. The third-order valence-corrected chi connectivity index (χ3v) is 5.93. The molecule has 0 aromatic heterocycles. The predicted octanol–water partition coefficient (Wildman–Crippen LogP) is 0.204. The van der Waals surface area contributed by atoms with Gasteiger partial charge in [-0.05, 0) is 32.9 Å². The highest BCUT2D eigenvalue weighted by atomic mass is 16.7. The monoisotopic (exact) mass is 478 g/mol. The molecule has 11 nitrogen and oxygen atoms in total. The summed E-state index contributed by atoms with van der Waals surface area (Å²) in [6, 6.07) is 6.48. The van der Waals surface area contributed by atoms with E-state index in [0.29, 0.717) is 5.75 Å². The van der Waals surface area contributed by atoms with Gasteiger partial charge in [-0.3, -0.25) is 14.4 Å². The molecule has 1 aromatic rings. The Kier molecular flexibility index (Phi) is 7.18. The van der Waals surface area contributed by atoms with Crippen LogP contribution in [0.4, 0.5) is 0 Å². The molecule has 5 atom stereocenters. The molecule has 0 saturated carbocycles. The second-order valence-electron chi connectivity index (χ2n) is 9.30. The van der Waals surface area contributed by atoms with Gasteiger partial charge in [-0.2, -0.15) is 0 Å². The number of esters is 2. The second kappa shape index (κ2) is 9.59. The topological polar surface area (TPSA) is 141 Å². The summed E-state index contributed by atoms with van der Waals surface area (Å²) < 4.78 is 20.7. The summed E-state index contributed by atoms with van der Waals surface area (Å²) in [7, 11) is 1.22. The maximum atomic E-state index is 13.1. The van der Waals surface area contributed by atoms with E-state index in [1.807, 2.05) is 0 Å². The fourth-order valence-corrected chi connectivity index (χ4v) is 4.07. The van der Waals surface area contributed by atoms with Crippen molar-refractivity contribution in [3.8, 4) is 5.75 Å². The van der Waals surface area contributed by atoms with Crippen molar-refractivity contribution in [2.75, 3.05) is 20.5 Å². The Morgan fingerprint density at radius 1 is 1.15 bits per heavy atom. The van der Waals surface area contributed by atoms with Gasteiger partial charge in [0, 0.05) is 13.0 Å². The zero-order valence-corrected chi connectivity index (χ0v) is 19.8. The Balaban J connectivity index is 1.64. The molecule has 2 aliphatic rings. The van der Waals surface area contributed by atoms with Gasteiger partial charge in [0.1, 0.15) is 17.8 Å². The van der Waals surface area contributed by atoms with Crippen LogP contribution in [0.2, 0.25) is 0 Å². The smallest absolute Gasteiger partial charge is 0.332 e. The first-order valence-corrected chi connectivity index (χ1v) is 10.8. The van der Waals surface area contributed by atoms with Gasteiger partial charge in [0.2, 0.25) is 12.5 Å². The Labute approximate surface area is 197 Å². The van der Waals surface area contributed by atoms with Gasteiger partial charge in [-0.1, -0.05) is 25.1 Å². The van der Waals surface area contributed by atoms with Crippen molar-refractivity contribution in [1.29, 1.82) is 0 Å². The zero-order valence-electron chi connectivity index (χ0n) is 19.8. The lowest BCUT2D eigenvalue weighted by Crippen LogP contribution is -2.82. The normalized spacial score (nSPS) is 27.9. The molecule has 0 aliphatic carbocycles. The van der Waals surface area contributed by atoms with E-state index in [1.54, 1.807) is 58.0 Å². The number of ether oxygens (including phenoxy) is 4. The average molecular weight is 478 g/mol. The van der Waals surface area contributed by atoms with E-state index in [-0.39, 0.29) is 6.61 Å². The van der Waals surface area contributed by atoms with Gasteiger partial charge in [-0.25, -0.2) is 4.79 Å². The summed E-state index contributed by atoms with van der Waals surface area (Å²) in [5, 5.41) is 13.3. The zero-order chi connectivity index (χ0) is 25.3. The van der Waals surface area contributed by atoms with Crippen LogP contribution in [0.1, 0.15) is 27.7 Å². The summed E-state index contributed by atoms with van der Waals surface area (Å²) in [6.45, 7) is 5.53. The standard InChI is InChI=1S/C23H30N2O9/c1-13-16(19(28)33-12-34-21(30)22(2,3)4)25-18(17(13)27)23(31-5,20(25)29)24-15(26)11-32-14-9-7-6-8-10-14/h6-10,13,16-18,27H,11-12H2,1-5H3,(H,24,26)/t13?,16?,17?,18-,23?/m1/s1. The van der Waals surface area contributed by atoms with Gasteiger partial charge in [-0.15, -0.1) is 0 Å². The van der Waals surface area contributed by atoms with Crippen molar-refractivity contribution in [3.63, 3.8) is 0 Å². The molecule has 186 valence electrons. The van der Waals surface area contributed by atoms with Gasteiger partial charge < -0.3 is 34.3 Å². The highest BCUT2D eigenvalue weighted by Gasteiger charge is 2.73. The predicted molar refractivity (Wildman–Crippen MR) is 116 cm³/mol. The molecule has 3 rings (SSSR count). The average Bonchev–Trinajstić information content (AvgIpc) is 3.04. The number of fused-ring (bicyclic) bond motifs is 1. The number of carbonyl (C=O) groups is 4. The van der Waals surface area contributed by atoms with Crippen LogP contribution in [0.3, 0.4) is 0 Å². The van der Waals surface area contributed by atoms with Crippen molar-refractivity contribution in [2.45, 2.75) is 51.6 Å². The minimum Gasteiger partial charge on any atom is -0.484 e. The molecule has 2 N–H and O–H groups in total. The summed E-state index contributed by atoms with van der Waals surface area (Å²) in [5.41, 5.74) is -2.62. The first-order chi connectivity index (χ1) is 15.9. The number of amides is 2. The number of β-lactam (4-membered cyclic amide) rings is 1. The van der Waals surface area contributed by atoms with Crippen molar-refractivity contribution in [2.24, 2.45) is 11.3 Å². The number of rotatable bonds is 8. The van der Waals surface area contributed by atoms with Gasteiger partial charge in [0.15, 0.2) is 6.61 Å². The fourth-order valence-electron chi connectivity index (χ4n) is 4.07. The number of aliphatic hydroxyl groups is 1. The van der Waals surface area contributed by atoms with E-state index in [0.717, 1.165) is 4.90 Å². The van der Waals surface area contributed by atoms with E-state index in [2.05, 4.69) is 5.32 Å². The third-order valence-electron chi connectivity index (χ3n) is 5.93. The number of benzene rings is 1. The van der Waals surface area contributed by atoms with Crippen molar-refractivity contribution >= 4 is 23.8 Å². The number of aliphatic hydroxyl groups excluding tert-OH is 1. The third kappa shape index (κ3) is 4.58. The Morgan fingerprint density at radius 3 is 2.38 bits per heavy atom. The van der Waals surface area contributed by atoms with Crippen LogP contribution in [0.15, 0.2) is 30.3 Å². The molecule has 1 aromatic carbocycles. The lowest BCUT2D eigenvalue weighted by atomic mass is 9.87. The highest BCUT2D eigenvalue weighted by molar-refractivity contribution is 6.00. The SMILES string of the molecule is COC1(NC(=O)COc2ccccc2)C(=O)N2C(C(=O)OCOC(=O)C(C)(C)C)C(C)C(O)[C@@H]21. The fraction of sp³-hybridized carbons (Fsp3) is 0.565. The first-order valence-electron chi connectivity index (χ1n) is 10.8. The number of nitrogens with zero attached hydrogens (tertiary/aromatic N) is 1. The summed E-state index contributed by atoms with van der Waals surface area (Å²) in [5.74, 6) is -3.00. The molecule has 2 heterocycles. The number of nitrogens with one attached hydrogen (secondary N) is 1. The van der Waals surface area contributed by atoms with Crippen LogP contribution in [-0.2, 0) is 33.4 Å². The van der Waals surface area contributed by atoms with E-state index < -0.39 is 65.8 Å². The highest BCUT2D eigenvalue weighted by Crippen LogP contribution is 2.46. The quantitative estimate of drug-likeness (QED) is 0.305. The number of methoxy groups -OCH3 is 1. The molecule has 2 amide bonds. The van der Waals surface area contributed by atoms with E-state index >= 15 is 0 Å². The van der Waals surface area contributed by atoms with Gasteiger partial charge in [0.05, 0.1) is 11.5 Å². The van der Waals surface area contributed by atoms with E-state index in [9.17, 15) is 24.3 Å². The van der Waals surface area contributed by atoms with E-state index in [4.69, 9.17) is 18.9 Å². The lowest BCUT2D eigenvalue weighted by Gasteiger charge is -2.53. The molecule has 0 radical (unpaired) electrons. The Hall–Kier alpha value is -3.18. The van der Waals surface area contributed by atoms with Crippen LogP contribution in [0.25, 0.3) is 0 Å². The largest absolute Gasteiger partial charge is 0.484 e. The molecule has 0 bridgehead atoms. The molecule has 2 saturated heterocycles. The maximum Gasteiger partial charge on any atom is 0.332 e. The molecular formula is C23H30N2O9. The Morgan fingerprint density at radius 2 is 1.79 bits per heavy atom. The van der Waals surface area contributed by atoms with Crippen LogP contribution in [-0.4, -0.2) is 78.2 Å². The number of hydrogen-bond donors (Lipinski definition) is 2.